The molecule has 0 bridgehead atoms. The maximum Gasteiger partial charge on any atom is 0.228 e. The highest BCUT2D eigenvalue weighted by Gasteiger charge is 2.24. The van der Waals surface area contributed by atoms with E-state index in [9.17, 15) is 4.79 Å². The monoisotopic (exact) mass is 318 g/mol. The van der Waals surface area contributed by atoms with Crippen LogP contribution in [-0.4, -0.2) is 15.3 Å². The Hall–Kier alpha value is -1.42. The van der Waals surface area contributed by atoms with Gasteiger partial charge < -0.3 is 4.57 Å². The minimum Gasteiger partial charge on any atom is -0.324 e. The largest absolute Gasteiger partial charge is 0.324 e. The SMILES string of the molecule is Cc1ccccc1C(=O)c1nc(Br)c2n1CCCC2. The number of aromatic nitrogens is 2. The van der Waals surface area contributed by atoms with Crippen LogP contribution < -0.4 is 0 Å². The van der Waals surface area contributed by atoms with E-state index in [1.165, 1.54) is 6.42 Å². The van der Waals surface area contributed by atoms with Gasteiger partial charge in [0.1, 0.15) is 4.60 Å². The Morgan fingerprint density at radius 2 is 2.11 bits per heavy atom. The molecular formula is C15H15BrN2O. The molecule has 4 heteroatoms. The van der Waals surface area contributed by atoms with Crippen molar-refractivity contribution in [2.75, 3.05) is 0 Å². The maximum absolute atomic E-state index is 12.6. The standard InChI is InChI=1S/C15H15BrN2O/c1-10-6-2-3-7-11(10)13(19)15-17-14(16)12-8-4-5-9-18(12)15/h2-3,6-7H,4-5,8-9H2,1H3. The molecule has 0 N–H and O–H groups in total. The van der Waals surface area contributed by atoms with Gasteiger partial charge in [-0.1, -0.05) is 24.3 Å². The molecule has 2 aromatic rings. The zero-order chi connectivity index (χ0) is 13.4. The number of benzene rings is 1. The molecule has 2 heterocycles. The number of hydrogen-bond acceptors (Lipinski definition) is 2. The molecule has 0 saturated carbocycles. The Morgan fingerprint density at radius 1 is 1.32 bits per heavy atom. The van der Waals surface area contributed by atoms with Gasteiger partial charge in [-0.15, -0.1) is 0 Å². The van der Waals surface area contributed by atoms with Gasteiger partial charge in [0.25, 0.3) is 0 Å². The molecule has 3 rings (SSSR count). The summed E-state index contributed by atoms with van der Waals surface area (Å²) in [5.41, 5.74) is 2.90. The average Bonchev–Trinajstić information content (AvgIpc) is 2.77. The molecule has 3 nitrogen and oxygen atoms in total. The lowest BCUT2D eigenvalue weighted by molar-refractivity contribution is 0.102. The maximum atomic E-state index is 12.6. The van der Waals surface area contributed by atoms with Gasteiger partial charge in [0.05, 0.1) is 5.69 Å². The van der Waals surface area contributed by atoms with E-state index >= 15 is 0 Å². The molecular weight excluding hydrogens is 304 g/mol. The number of carbonyl (C=O) groups excluding carboxylic acids is 1. The van der Waals surface area contributed by atoms with Gasteiger partial charge in [-0.05, 0) is 47.7 Å². The fourth-order valence-electron chi connectivity index (χ4n) is 2.62. The van der Waals surface area contributed by atoms with E-state index in [0.29, 0.717) is 5.82 Å². The summed E-state index contributed by atoms with van der Waals surface area (Å²) in [4.78, 5) is 17.1. The summed E-state index contributed by atoms with van der Waals surface area (Å²) in [6, 6.07) is 7.68. The smallest absolute Gasteiger partial charge is 0.228 e. The quantitative estimate of drug-likeness (QED) is 0.794. The number of imidazole rings is 1. The number of nitrogens with zero attached hydrogens (tertiary/aromatic N) is 2. The van der Waals surface area contributed by atoms with E-state index < -0.39 is 0 Å². The molecule has 19 heavy (non-hydrogen) atoms. The number of ketones is 1. The summed E-state index contributed by atoms with van der Waals surface area (Å²) in [7, 11) is 0. The Balaban J connectivity index is 2.08. The lowest BCUT2D eigenvalue weighted by Crippen LogP contribution is -2.17. The molecule has 1 aliphatic rings. The van der Waals surface area contributed by atoms with E-state index in [1.54, 1.807) is 0 Å². The van der Waals surface area contributed by atoms with Crippen LogP contribution in [0.1, 0.15) is 40.3 Å². The highest BCUT2D eigenvalue weighted by atomic mass is 79.9. The van der Waals surface area contributed by atoms with Crippen LogP contribution in [0.25, 0.3) is 0 Å². The fourth-order valence-corrected chi connectivity index (χ4v) is 3.20. The lowest BCUT2D eigenvalue weighted by atomic mass is 10.0. The minimum atomic E-state index is 0.0203. The highest BCUT2D eigenvalue weighted by molar-refractivity contribution is 9.10. The first-order valence-electron chi connectivity index (χ1n) is 6.53. The third-order valence-corrected chi connectivity index (χ3v) is 4.30. The summed E-state index contributed by atoms with van der Waals surface area (Å²) in [6.45, 7) is 2.85. The third kappa shape index (κ3) is 2.14. The van der Waals surface area contributed by atoms with Gasteiger partial charge in [-0.25, -0.2) is 4.98 Å². The normalized spacial score (nSPS) is 14.2. The molecule has 0 fully saturated rings. The van der Waals surface area contributed by atoms with Crippen molar-refractivity contribution in [3.63, 3.8) is 0 Å². The van der Waals surface area contributed by atoms with Gasteiger partial charge in [-0.3, -0.25) is 4.79 Å². The van der Waals surface area contributed by atoms with Crippen molar-refractivity contribution in [3.8, 4) is 0 Å². The number of rotatable bonds is 2. The Bertz CT molecular complexity index is 646. The highest BCUT2D eigenvalue weighted by Crippen LogP contribution is 2.26. The lowest BCUT2D eigenvalue weighted by Gasteiger charge is -2.16. The van der Waals surface area contributed by atoms with Crippen LogP contribution in [0.4, 0.5) is 0 Å². The van der Waals surface area contributed by atoms with E-state index in [1.807, 2.05) is 31.2 Å². The molecule has 0 atom stereocenters. The van der Waals surface area contributed by atoms with Crippen molar-refractivity contribution < 1.29 is 4.79 Å². The number of hydrogen-bond donors (Lipinski definition) is 0. The molecule has 0 spiro atoms. The fraction of sp³-hybridized carbons (Fsp3) is 0.333. The number of aryl methyl sites for hydroxylation is 1. The van der Waals surface area contributed by atoms with Gasteiger partial charge in [-0.2, -0.15) is 0 Å². The van der Waals surface area contributed by atoms with Crippen molar-refractivity contribution >= 4 is 21.7 Å². The van der Waals surface area contributed by atoms with Crippen molar-refractivity contribution in [2.24, 2.45) is 0 Å². The molecule has 0 saturated heterocycles. The van der Waals surface area contributed by atoms with Gasteiger partial charge in [0.2, 0.25) is 5.78 Å². The van der Waals surface area contributed by atoms with Crippen molar-refractivity contribution in [1.29, 1.82) is 0 Å². The van der Waals surface area contributed by atoms with Gasteiger partial charge >= 0.3 is 0 Å². The molecule has 0 amide bonds. The van der Waals surface area contributed by atoms with Crippen LogP contribution in [0, 0.1) is 6.92 Å². The first kappa shape index (κ1) is 12.6. The molecule has 0 unspecified atom stereocenters. The van der Waals surface area contributed by atoms with Crippen LogP contribution in [0.15, 0.2) is 28.9 Å². The molecule has 1 aromatic heterocycles. The van der Waals surface area contributed by atoms with E-state index in [2.05, 4.69) is 25.5 Å². The predicted octanol–water partition coefficient (Wildman–Crippen LogP) is 3.52. The zero-order valence-corrected chi connectivity index (χ0v) is 12.4. The number of fused-ring (bicyclic) bond motifs is 1. The van der Waals surface area contributed by atoms with Crippen molar-refractivity contribution in [2.45, 2.75) is 32.7 Å². The molecule has 1 aliphatic heterocycles. The van der Waals surface area contributed by atoms with Crippen LogP contribution in [-0.2, 0) is 13.0 Å². The summed E-state index contributed by atoms with van der Waals surface area (Å²) in [5, 5.41) is 0. The second kappa shape index (κ2) is 4.93. The van der Waals surface area contributed by atoms with Crippen molar-refractivity contribution in [1.82, 2.24) is 9.55 Å². The van der Waals surface area contributed by atoms with E-state index in [4.69, 9.17) is 0 Å². The number of carbonyl (C=O) groups is 1. The second-order valence-corrected chi connectivity index (χ2v) is 5.68. The van der Waals surface area contributed by atoms with Gasteiger partial charge in [0, 0.05) is 12.1 Å². The minimum absolute atomic E-state index is 0.0203. The van der Waals surface area contributed by atoms with E-state index in [-0.39, 0.29) is 5.78 Å². The van der Waals surface area contributed by atoms with Crippen LogP contribution in [0.3, 0.4) is 0 Å². The summed E-state index contributed by atoms with van der Waals surface area (Å²) < 4.78 is 2.90. The Morgan fingerprint density at radius 3 is 2.89 bits per heavy atom. The molecule has 0 aliphatic carbocycles. The van der Waals surface area contributed by atoms with Crippen LogP contribution in [0.5, 0.6) is 0 Å². The zero-order valence-electron chi connectivity index (χ0n) is 10.8. The van der Waals surface area contributed by atoms with E-state index in [0.717, 1.165) is 40.8 Å². The number of halogens is 1. The topological polar surface area (TPSA) is 34.9 Å². The molecule has 0 radical (unpaired) electrons. The first-order valence-corrected chi connectivity index (χ1v) is 7.33. The predicted molar refractivity (Wildman–Crippen MR) is 77.5 cm³/mol. The second-order valence-electron chi connectivity index (χ2n) is 4.93. The van der Waals surface area contributed by atoms with Crippen LogP contribution in [0.2, 0.25) is 0 Å². The average molecular weight is 319 g/mol. The molecule has 98 valence electrons. The van der Waals surface area contributed by atoms with Gasteiger partial charge in [0.15, 0.2) is 5.82 Å². The summed E-state index contributed by atoms with van der Waals surface area (Å²) in [6.07, 6.45) is 3.28. The summed E-state index contributed by atoms with van der Waals surface area (Å²) >= 11 is 3.48. The third-order valence-electron chi connectivity index (χ3n) is 3.66. The molecule has 1 aromatic carbocycles. The Kier molecular flexibility index (Phi) is 3.27. The summed E-state index contributed by atoms with van der Waals surface area (Å²) in [5.74, 6) is 0.586. The first-order chi connectivity index (χ1) is 9.18. The Labute approximate surface area is 120 Å². The van der Waals surface area contributed by atoms with Crippen molar-refractivity contribution in [3.05, 3.63) is 51.5 Å². The van der Waals surface area contributed by atoms with Crippen LogP contribution >= 0.6 is 15.9 Å².